The molecule has 0 aliphatic heterocycles. The van der Waals surface area contributed by atoms with Crippen LogP contribution in [0.15, 0.2) is 77.8 Å². The molecule has 0 aliphatic rings. The minimum absolute atomic E-state index is 0.0985. The quantitative estimate of drug-likeness (QED) is 0.204. The maximum atomic E-state index is 11.5. The molecule has 0 bridgehead atoms. The third-order valence-corrected chi connectivity index (χ3v) is 6.37. The number of anilines is 3. The maximum Gasteiger partial charge on any atom is 0.294 e. The number of nitrogens with two attached hydrogens (primary N) is 3. The van der Waals surface area contributed by atoms with E-state index >= 15 is 0 Å². The molecule has 1 heterocycles. The molecular weight excluding hydrogens is 482 g/mol. The van der Waals surface area contributed by atoms with Crippen molar-refractivity contribution < 1.29 is 22.4 Å². The molecule has 0 radical (unpaired) electrons. The van der Waals surface area contributed by atoms with Crippen molar-refractivity contribution in [1.29, 1.82) is 0 Å². The highest BCUT2D eigenvalue weighted by Crippen LogP contribution is 2.36. The van der Waals surface area contributed by atoms with Crippen molar-refractivity contribution in [2.75, 3.05) is 24.3 Å². The molecule has 1 unspecified atom stereocenters. The summed E-state index contributed by atoms with van der Waals surface area (Å²) in [6.45, 7) is 0. The van der Waals surface area contributed by atoms with Crippen LogP contribution in [0.5, 0.6) is 11.5 Å². The molecule has 186 valence electrons. The first-order valence-corrected chi connectivity index (χ1v) is 12.2. The van der Waals surface area contributed by atoms with Crippen molar-refractivity contribution in [3.8, 4) is 11.5 Å². The zero-order chi connectivity index (χ0) is 25.9. The highest BCUT2D eigenvalue weighted by molar-refractivity contribution is 7.85. The fourth-order valence-electron chi connectivity index (χ4n) is 3.65. The number of rotatable bonds is 8. The predicted octanol–water partition coefficient (Wildman–Crippen LogP) is 3.24. The molecule has 0 fully saturated rings. The molecule has 4 rings (SSSR count). The van der Waals surface area contributed by atoms with Crippen LogP contribution in [0, 0.1) is 0 Å². The number of hydrogen-bond acceptors (Lipinski definition) is 9. The van der Waals surface area contributed by atoms with E-state index < -0.39 is 16.2 Å². The van der Waals surface area contributed by atoms with Crippen LogP contribution in [0.25, 0.3) is 0 Å². The van der Waals surface area contributed by atoms with E-state index in [1.165, 1.54) is 19.2 Å². The summed E-state index contributed by atoms with van der Waals surface area (Å²) < 4.78 is 44.3. The SMILES string of the molecule is COc1ccc(Cc2cnc(N)nc2N)cc1OC(c1ccc(N)cc1)c1ccc(S(=O)(=O)O)cc1. The van der Waals surface area contributed by atoms with Gasteiger partial charge in [-0.1, -0.05) is 30.3 Å². The Labute approximate surface area is 208 Å². The third kappa shape index (κ3) is 5.65. The van der Waals surface area contributed by atoms with Gasteiger partial charge in [0.1, 0.15) is 11.9 Å². The van der Waals surface area contributed by atoms with E-state index in [-0.39, 0.29) is 10.8 Å². The second-order valence-corrected chi connectivity index (χ2v) is 9.43. The zero-order valence-corrected chi connectivity index (χ0v) is 20.1. The van der Waals surface area contributed by atoms with Crippen LogP contribution in [0.3, 0.4) is 0 Å². The molecule has 3 aromatic carbocycles. The Hall–Kier alpha value is -4.35. The standard InChI is InChI=1S/C25H25N5O5S/c1-34-21-11-2-15(12-18-14-29-25(28)30-24(18)27)13-22(21)35-23(16-3-7-19(26)8-4-16)17-5-9-20(10-6-17)36(31,32)33/h2-11,13-14,23H,12,26H2,1H3,(H,31,32,33)(H4,27,28,29,30). The number of nitrogen functional groups attached to an aromatic ring is 3. The number of hydrogen-bond donors (Lipinski definition) is 4. The van der Waals surface area contributed by atoms with Crippen molar-refractivity contribution in [3.63, 3.8) is 0 Å². The summed E-state index contributed by atoms with van der Waals surface area (Å²) in [5, 5.41) is 0. The van der Waals surface area contributed by atoms with Gasteiger partial charge in [-0.3, -0.25) is 4.55 Å². The minimum atomic E-state index is -4.33. The Morgan fingerprint density at radius 3 is 2.14 bits per heavy atom. The lowest BCUT2D eigenvalue weighted by Crippen LogP contribution is -2.11. The summed E-state index contributed by atoms with van der Waals surface area (Å²) in [7, 11) is -2.80. The monoisotopic (exact) mass is 507 g/mol. The predicted molar refractivity (Wildman–Crippen MR) is 136 cm³/mol. The molecule has 36 heavy (non-hydrogen) atoms. The molecule has 4 aromatic rings. The van der Waals surface area contributed by atoms with Gasteiger partial charge in [0.25, 0.3) is 10.1 Å². The minimum Gasteiger partial charge on any atom is -0.493 e. The van der Waals surface area contributed by atoms with Gasteiger partial charge in [0.05, 0.1) is 12.0 Å². The van der Waals surface area contributed by atoms with Crippen LogP contribution in [0.4, 0.5) is 17.5 Å². The molecule has 0 saturated carbocycles. The van der Waals surface area contributed by atoms with Crippen molar-refractivity contribution in [2.45, 2.75) is 17.4 Å². The summed E-state index contributed by atoms with van der Waals surface area (Å²) in [4.78, 5) is 7.80. The first-order valence-electron chi connectivity index (χ1n) is 10.8. The lowest BCUT2D eigenvalue weighted by molar-refractivity contribution is 0.234. The average molecular weight is 508 g/mol. The summed E-state index contributed by atoms with van der Waals surface area (Å²) >= 11 is 0. The van der Waals surface area contributed by atoms with Crippen LogP contribution < -0.4 is 26.7 Å². The van der Waals surface area contributed by atoms with Crippen LogP contribution in [0.1, 0.15) is 28.4 Å². The molecule has 1 atom stereocenters. The molecule has 0 spiro atoms. The van der Waals surface area contributed by atoms with Crippen molar-refractivity contribution in [1.82, 2.24) is 9.97 Å². The van der Waals surface area contributed by atoms with Gasteiger partial charge in [-0.05, 0) is 53.1 Å². The van der Waals surface area contributed by atoms with E-state index in [0.717, 1.165) is 11.1 Å². The lowest BCUT2D eigenvalue weighted by Gasteiger charge is -2.22. The van der Waals surface area contributed by atoms with Crippen LogP contribution in [-0.2, 0) is 16.5 Å². The van der Waals surface area contributed by atoms with E-state index in [0.29, 0.717) is 40.6 Å². The van der Waals surface area contributed by atoms with E-state index in [4.69, 9.17) is 26.7 Å². The lowest BCUT2D eigenvalue weighted by atomic mass is 10.0. The van der Waals surface area contributed by atoms with Gasteiger partial charge in [0.2, 0.25) is 5.95 Å². The first kappa shape index (κ1) is 24.8. The van der Waals surface area contributed by atoms with E-state index in [2.05, 4.69) is 9.97 Å². The number of benzene rings is 3. The van der Waals surface area contributed by atoms with E-state index in [1.807, 2.05) is 24.3 Å². The molecular formula is C25H25N5O5S. The number of nitrogens with zero attached hydrogens (tertiary/aromatic N) is 2. The largest absolute Gasteiger partial charge is 0.493 e. The molecule has 0 amide bonds. The summed E-state index contributed by atoms with van der Waals surface area (Å²) in [6, 6.07) is 18.4. The zero-order valence-electron chi connectivity index (χ0n) is 19.3. The Morgan fingerprint density at radius 2 is 1.56 bits per heavy atom. The Balaban J connectivity index is 1.72. The van der Waals surface area contributed by atoms with E-state index in [9.17, 15) is 13.0 Å². The maximum absolute atomic E-state index is 11.5. The molecule has 10 nitrogen and oxygen atoms in total. The third-order valence-electron chi connectivity index (χ3n) is 5.50. The summed E-state index contributed by atoms with van der Waals surface area (Å²) in [5.74, 6) is 1.33. The average Bonchev–Trinajstić information content (AvgIpc) is 2.85. The highest BCUT2D eigenvalue weighted by Gasteiger charge is 2.20. The van der Waals surface area contributed by atoms with Crippen molar-refractivity contribution in [2.24, 2.45) is 0 Å². The Morgan fingerprint density at radius 1 is 0.917 bits per heavy atom. The van der Waals surface area contributed by atoms with Gasteiger partial charge in [0, 0.05) is 23.9 Å². The smallest absolute Gasteiger partial charge is 0.294 e. The number of methoxy groups -OCH3 is 1. The first-order chi connectivity index (χ1) is 17.1. The molecule has 1 aromatic heterocycles. The summed E-state index contributed by atoms with van der Waals surface area (Å²) in [5.41, 5.74) is 21.0. The van der Waals surface area contributed by atoms with Gasteiger partial charge in [-0.15, -0.1) is 0 Å². The molecule has 0 saturated heterocycles. The number of aromatic nitrogens is 2. The van der Waals surface area contributed by atoms with Gasteiger partial charge >= 0.3 is 0 Å². The van der Waals surface area contributed by atoms with E-state index in [1.54, 1.807) is 36.5 Å². The Kier molecular flexibility index (Phi) is 6.95. The molecule has 0 aliphatic carbocycles. The topological polar surface area (TPSA) is 177 Å². The molecule has 11 heteroatoms. The summed E-state index contributed by atoms with van der Waals surface area (Å²) in [6.07, 6.45) is 1.37. The van der Waals surface area contributed by atoms with Crippen LogP contribution >= 0.6 is 0 Å². The number of ether oxygens (including phenoxy) is 2. The fourth-order valence-corrected chi connectivity index (χ4v) is 4.13. The van der Waals surface area contributed by atoms with Crippen molar-refractivity contribution in [3.05, 3.63) is 95.2 Å². The Bertz CT molecular complexity index is 1480. The van der Waals surface area contributed by atoms with Gasteiger partial charge in [-0.2, -0.15) is 13.4 Å². The fraction of sp³-hybridized carbons (Fsp3) is 0.120. The van der Waals surface area contributed by atoms with Gasteiger partial charge in [-0.25, -0.2) is 4.98 Å². The highest BCUT2D eigenvalue weighted by atomic mass is 32.2. The van der Waals surface area contributed by atoms with Crippen molar-refractivity contribution >= 4 is 27.6 Å². The van der Waals surface area contributed by atoms with Gasteiger partial charge in [0.15, 0.2) is 11.5 Å². The van der Waals surface area contributed by atoms with Crippen LogP contribution in [-0.4, -0.2) is 30.0 Å². The van der Waals surface area contributed by atoms with Crippen LogP contribution in [0.2, 0.25) is 0 Å². The second kappa shape index (κ2) is 10.1. The van der Waals surface area contributed by atoms with Gasteiger partial charge < -0.3 is 26.7 Å². The second-order valence-electron chi connectivity index (χ2n) is 8.01. The normalized spacial score (nSPS) is 12.2. The molecule has 7 N–H and O–H groups in total.